The van der Waals surface area contributed by atoms with E-state index in [1.807, 2.05) is 0 Å². The van der Waals surface area contributed by atoms with Gasteiger partial charge in [0.15, 0.2) is 0 Å². The van der Waals surface area contributed by atoms with Crippen LogP contribution in [0, 0.1) is 0 Å². The highest BCUT2D eigenvalue weighted by Crippen LogP contribution is 2.35. The van der Waals surface area contributed by atoms with Crippen LogP contribution in [0.5, 0.6) is 5.75 Å². The van der Waals surface area contributed by atoms with Crippen molar-refractivity contribution in [2.75, 3.05) is 13.2 Å². The Balaban J connectivity index is 1.98. The third-order valence-corrected chi connectivity index (χ3v) is 3.85. The van der Waals surface area contributed by atoms with Crippen LogP contribution in [-0.4, -0.2) is 13.2 Å². The summed E-state index contributed by atoms with van der Waals surface area (Å²) in [5.74, 6) is 1.41. The van der Waals surface area contributed by atoms with E-state index in [-0.39, 0.29) is 0 Å². The zero-order valence-electron chi connectivity index (χ0n) is 11.9. The summed E-state index contributed by atoms with van der Waals surface area (Å²) in [6.07, 6.45) is 1.04. The lowest BCUT2D eigenvalue weighted by molar-refractivity contribution is 0.312. The Kier molecular flexibility index (Phi) is 4.03. The minimum Gasteiger partial charge on any atom is -0.493 e. The molecule has 0 saturated heterocycles. The highest BCUT2D eigenvalue weighted by molar-refractivity contribution is 5.46. The van der Waals surface area contributed by atoms with Crippen LogP contribution >= 0.6 is 0 Å². The summed E-state index contributed by atoms with van der Waals surface area (Å²) in [6.45, 7) is 4.85. The molecule has 2 nitrogen and oxygen atoms in total. The molecule has 2 aromatic rings. The Morgan fingerprint density at radius 3 is 2.65 bits per heavy atom. The standard InChI is InChI=1S/C18H21NO/c1-2-11-20-18-10-6-5-9-16(18)17-13-19-12-14-7-3-4-8-15(14)17/h3-10,17,19H,2,11-13H2,1H3. The van der Waals surface area contributed by atoms with Crippen LogP contribution in [-0.2, 0) is 6.54 Å². The van der Waals surface area contributed by atoms with Gasteiger partial charge in [0, 0.05) is 24.6 Å². The van der Waals surface area contributed by atoms with Crippen molar-refractivity contribution >= 4 is 0 Å². The van der Waals surface area contributed by atoms with Gasteiger partial charge in [0.05, 0.1) is 6.61 Å². The lowest BCUT2D eigenvalue weighted by atomic mass is 9.85. The highest BCUT2D eigenvalue weighted by Gasteiger charge is 2.23. The molecule has 1 aliphatic heterocycles. The van der Waals surface area contributed by atoms with Gasteiger partial charge in [-0.3, -0.25) is 0 Å². The maximum atomic E-state index is 5.93. The third-order valence-electron chi connectivity index (χ3n) is 3.85. The van der Waals surface area contributed by atoms with Gasteiger partial charge in [-0.2, -0.15) is 0 Å². The van der Waals surface area contributed by atoms with Crippen LogP contribution < -0.4 is 10.1 Å². The lowest BCUT2D eigenvalue weighted by Gasteiger charge is -2.28. The topological polar surface area (TPSA) is 21.3 Å². The Morgan fingerprint density at radius 2 is 1.80 bits per heavy atom. The van der Waals surface area contributed by atoms with Crippen LogP contribution in [0.1, 0.15) is 36.0 Å². The molecule has 104 valence electrons. The van der Waals surface area contributed by atoms with E-state index < -0.39 is 0 Å². The van der Waals surface area contributed by atoms with Crippen molar-refractivity contribution in [1.29, 1.82) is 0 Å². The Morgan fingerprint density at radius 1 is 1.05 bits per heavy atom. The second kappa shape index (κ2) is 6.10. The van der Waals surface area contributed by atoms with E-state index in [9.17, 15) is 0 Å². The first-order chi connectivity index (χ1) is 9.90. The second-order valence-electron chi connectivity index (χ2n) is 5.27. The maximum Gasteiger partial charge on any atom is 0.123 e. The molecule has 1 N–H and O–H groups in total. The fraction of sp³-hybridized carbons (Fsp3) is 0.333. The zero-order chi connectivity index (χ0) is 13.8. The average molecular weight is 267 g/mol. The van der Waals surface area contributed by atoms with E-state index >= 15 is 0 Å². The molecule has 2 aromatic carbocycles. The zero-order valence-corrected chi connectivity index (χ0v) is 11.9. The molecular formula is C18H21NO. The van der Waals surface area contributed by atoms with Crippen molar-refractivity contribution in [3.8, 4) is 5.75 Å². The average Bonchev–Trinajstić information content (AvgIpc) is 2.53. The number of nitrogens with one attached hydrogen (secondary N) is 1. The summed E-state index contributed by atoms with van der Waals surface area (Å²) in [5, 5.41) is 3.52. The molecule has 0 spiro atoms. The van der Waals surface area contributed by atoms with Gasteiger partial charge in [0.1, 0.15) is 5.75 Å². The third kappa shape index (κ3) is 2.56. The number of para-hydroxylation sites is 1. The highest BCUT2D eigenvalue weighted by atomic mass is 16.5. The van der Waals surface area contributed by atoms with Crippen molar-refractivity contribution in [3.05, 3.63) is 65.2 Å². The van der Waals surface area contributed by atoms with Gasteiger partial charge in [0.2, 0.25) is 0 Å². The molecule has 1 aliphatic rings. The van der Waals surface area contributed by atoms with Gasteiger partial charge >= 0.3 is 0 Å². The first-order valence-corrected chi connectivity index (χ1v) is 7.40. The van der Waals surface area contributed by atoms with Gasteiger partial charge in [0.25, 0.3) is 0 Å². The maximum absolute atomic E-state index is 5.93. The number of hydrogen-bond acceptors (Lipinski definition) is 2. The minimum absolute atomic E-state index is 0.382. The fourth-order valence-corrected chi connectivity index (χ4v) is 2.89. The van der Waals surface area contributed by atoms with Crippen LogP contribution in [0.25, 0.3) is 0 Å². The molecular weight excluding hydrogens is 246 g/mol. The van der Waals surface area contributed by atoms with Crippen molar-refractivity contribution in [3.63, 3.8) is 0 Å². The number of ether oxygens (including phenoxy) is 1. The molecule has 0 fully saturated rings. The normalized spacial score (nSPS) is 17.6. The largest absolute Gasteiger partial charge is 0.493 e. The van der Waals surface area contributed by atoms with Crippen LogP contribution in [0.15, 0.2) is 48.5 Å². The number of fused-ring (bicyclic) bond motifs is 1. The predicted octanol–water partition coefficient (Wildman–Crippen LogP) is 3.71. The molecule has 0 saturated carbocycles. The molecule has 1 heterocycles. The van der Waals surface area contributed by atoms with Crippen molar-refractivity contribution in [2.45, 2.75) is 25.8 Å². The van der Waals surface area contributed by atoms with E-state index in [0.29, 0.717) is 5.92 Å². The van der Waals surface area contributed by atoms with E-state index in [1.54, 1.807) is 0 Å². The summed E-state index contributed by atoms with van der Waals surface area (Å²) in [4.78, 5) is 0. The van der Waals surface area contributed by atoms with E-state index in [0.717, 1.165) is 31.9 Å². The van der Waals surface area contributed by atoms with Crippen LogP contribution in [0.3, 0.4) is 0 Å². The van der Waals surface area contributed by atoms with Gasteiger partial charge in [-0.05, 0) is 23.6 Å². The van der Waals surface area contributed by atoms with Crippen LogP contribution in [0.2, 0.25) is 0 Å². The Bertz CT molecular complexity index is 579. The van der Waals surface area contributed by atoms with Crippen molar-refractivity contribution < 1.29 is 4.74 Å². The summed E-state index contributed by atoms with van der Waals surface area (Å²) in [5.41, 5.74) is 4.12. The summed E-state index contributed by atoms with van der Waals surface area (Å²) in [6, 6.07) is 17.1. The SMILES string of the molecule is CCCOc1ccccc1C1CNCc2ccccc21. The first kappa shape index (κ1) is 13.2. The predicted molar refractivity (Wildman–Crippen MR) is 82.2 cm³/mol. The van der Waals surface area contributed by atoms with Gasteiger partial charge in [-0.1, -0.05) is 49.4 Å². The smallest absolute Gasteiger partial charge is 0.123 e. The minimum atomic E-state index is 0.382. The molecule has 0 aromatic heterocycles. The molecule has 20 heavy (non-hydrogen) atoms. The molecule has 3 rings (SSSR count). The van der Waals surface area contributed by atoms with Crippen molar-refractivity contribution in [1.82, 2.24) is 5.32 Å². The summed E-state index contributed by atoms with van der Waals surface area (Å²) < 4.78 is 5.93. The number of benzene rings is 2. The van der Waals surface area contributed by atoms with Gasteiger partial charge in [-0.15, -0.1) is 0 Å². The summed E-state index contributed by atoms with van der Waals surface area (Å²) in [7, 11) is 0. The quantitative estimate of drug-likeness (QED) is 0.911. The monoisotopic (exact) mass is 267 g/mol. The van der Waals surface area contributed by atoms with Crippen molar-refractivity contribution in [2.24, 2.45) is 0 Å². The number of hydrogen-bond donors (Lipinski definition) is 1. The molecule has 2 heteroatoms. The second-order valence-corrected chi connectivity index (χ2v) is 5.27. The van der Waals surface area contributed by atoms with Gasteiger partial charge in [-0.25, -0.2) is 0 Å². The molecule has 0 bridgehead atoms. The van der Waals surface area contributed by atoms with E-state index in [1.165, 1.54) is 16.7 Å². The molecule has 1 atom stereocenters. The molecule has 0 amide bonds. The Hall–Kier alpha value is -1.80. The van der Waals surface area contributed by atoms with E-state index in [2.05, 4.69) is 60.8 Å². The molecule has 0 radical (unpaired) electrons. The first-order valence-electron chi connectivity index (χ1n) is 7.40. The van der Waals surface area contributed by atoms with Crippen LogP contribution in [0.4, 0.5) is 0 Å². The summed E-state index contributed by atoms with van der Waals surface area (Å²) >= 11 is 0. The molecule has 0 aliphatic carbocycles. The fourth-order valence-electron chi connectivity index (χ4n) is 2.89. The lowest BCUT2D eigenvalue weighted by Crippen LogP contribution is -2.29. The number of rotatable bonds is 4. The Labute approximate surface area is 120 Å². The molecule has 1 unspecified atom stereocenters. The van der Waals surface area contributed by atoms with Gasteiger partial charge < -0.3 is 10.1 Å². The van der Waals surface area contributed by atoms with E-state index in [4.69, 9.17) is 4.74 Å².